The SMILES string of the molecule is CON(c1ccc(C)cc1)c1cc2cnc(N3CCC(Nc4ccccc4)CC3)nc2cc1N(OC)c1ccc(C)cc1. The molecule has 8 heteroatoms. The van der Waals surface area contributed by atoms with Gasteiger partial charge in [0.05, 0.1) is 42.5 Å². The number of nitrogens with zero attached hydrogens (tertiary/aromatic N) is 5. The molecule has 0 bridgehead atoms. The van der Waals surface area contributed by atoms with Gasteiger partial charge in [-0.05, 0) is 75.2 Å². The highest BCUT2D eigenvalue weighted by atomic mass is 16.7. The number of piperidine rings is 1. The third-order valence-corrected chi connectivity index (χ3v) is 7.93. The molecule has 0 spiro atoms. The lowest BCUT2D eigenvalue weighted by molar-refractivity contribution is 0.191. The first-order valence-corrected chi connectivity index (χ1v) is 14.7. The summed E-state index contributed by atoms with van der Waals surface area (Å²) in [6.45, 7) is 5.92. The van der Waals surface area contributed by atoms with Gasteiger partial charge in [0.25, 0.3) is 0 Å². The molecule has 6 rings (SSSR count). The maximum absolute atomic E-state index is 6.00. The highest BCUT2D eigenvalue weighted by molar-refractivity contribution is 5.93. The van der Waals surface area contributed by atoms with E-state index in [2.05, 4.69) is 96.9 Å². The van der Waals surface area contributed by atoms with Gasteiger partial charge in [-0.2, -0.15) is 0 Å². The van der Waals surface area contributed by atoms with E-state index in [1.165, 1.54) is 16.8 Å². The summed E-state index contributed by atoms with van der Waals surface area (Å²) in [5.74, 6) is 0.741. The fraction of sp³-hybridized carbons (Fsp3) is 0.257. The number of nitrogens with one attached hydrogen (secondary N) is 1. The van der Waals surface area contributed by atoms with Gasteiger partial charge in [-0.3, -0.25) is 9.68 Å². The molecule has 1 aromatic heterocycles. The zero-order chi connectivity index (χ0) is 29.8. The number of benzene rings is 4. The van der Waals surface area contributed by atoms with Crippen molar-refractivity contribution in [2.45, 2.75) is 32.7 Å². The summed E-state index contributed by atoms with van der Waals surface area (Å²) in [7, 11) is 3.35. The minimum Gasteiger partial charge on any atom is -0.382 e. The molecule has 1 fully saturated rings. The van der Waals surface area contributed by atoms with E-state index in [0.29, 0.717) is 6.04 Å². The van der Waals surface area contributed by atoms with E-state index in [1.54, 1.807) is 14.2 Å². The van der Waals surface area contributed by atoms with Crippen LogP contribution in [0, 0.1) is 13.8 Å². The van der Waals surface area contributed by atoms with Crippen molar-refractivity contribution in [3.63, 3.8) is 0 Å². The van der Waals surface area contributed by atoms with Crippen molar-refractivity contribution in [1.82, 2.24) is 9.97 Å². The molecule has 0 unspecified atom stereocenters. The Balaban J connectivity index is 1.35. The van der Waals surface area contributed by atoms with E-state index in [1.807, 2.05) is 34.5 Å². The summed E-state index contributed by atoms with van der Waals surface area (Å²) in [6, 6.07) is 31.5. The largest absolute Gasteiger partial charge is 0.382 e. The average Bonchev–Trinajstić information content (AvgIpc) is 3.04. The molecule has 0 amide bonds. The van der Waals surface area contributed by atoms with Crippen LogP contribution in [0.5, 0.6) is 0 Å². The van der Waals surface area contributed by atoms with Gasteiger partial charge < -0.3 is 10.2 Å². The summed E-state index contributed by atoms with van der Waals surface area (Å²) in [4.78, 5) is 24.1. The van der Waals surface area contributed by atoms with E-state index < -0.39 is 0 Å². The van der Waals surface area contributed by atoms with E-state index in [-0.39, 0.29) is 0 Å². The molecule has 43 heavy (non-hydrogen) atoms. The zero-order valence-corrected chi connectivity index (χ0v) is 25.2. The minimum absolute atomic E-state index is 0.430. The Morgan fingerprint density at radius 2 is 1.30 bits per heavy atom. The van der Waals surface area contributed by atoms with Crippen molar-refractivity contribution in [2.24, 2.45) is 0 Å². The third-order valence-electron chi connectivity index (χ3n) is 7.93. The van der Waals surface area contributed by atoms with Crippen LogP contribution in [0.1, 0.15) is 24.0 Å². The summed E-state index contributed by atoms with van der Waals surface area (Å²) >= 11 is 0. The zero-order valence-electron chi connectivity index (χ0n) is 25.2. The third kappa shape index (κ3) is 6.26. The molecule has 0 atom stereocenters. The Kier molecular flexibility index (Phi) is 8.40. The highest BCUT2D eigenvalue weighted by Gasteiger charge is 2.24. The number of aryl methyl sites for hydroxylation is 2. The smallest absolute Gasteiger partial charge is 0.225 e. The fourth-order valence-electron chi connectivity index (χ4n) is 5.56. The van der Waals surface area contributed by atoms with Crippen molar-refractivity contribution in [3.05, 3.63) is 108 Å². The molecule has 1 aliphatic rings. The van der Waals surface area contributed by atoms with Gasteiger partial charge >= 0.3 is 0 Å². The Morgan fingerprint density at radius 1 is 0.744 bits per heavy atom. The normalized spacial score (nSPS) is 13.7. The second-order valence-corrected chi connectivity index (χ2v) is 11.0. The van der Waals surface area contributed by atoms with E-state index in [9.17, 15) is 0 Å². The molecule has 0 saturated carbocycles. The van der Waals surface area contributed by atoms with Gasteiger partial charge in [-0.1, -0.05) is 53.6 Å². The minimum atomic E-state index is 0.430. The lowest BCUT2D eigenvalue weighted by Gasteiger charge is -2.33. The summed E-state index contributed by atoms with van der Waals surface area (Å²) in [6.07, 6.45) is 3.95. The van der Waals surface area contributed by atoms with Crippen molar-refractivity contribution < 1.29 is 9.68 Å². The van der Waals surface area contributed by atoms with Crippen LogP contribution in [0.25, 0.3) is 10.9 Å². The van der Waals surface area contributed by atoms with Gasteiger partial charge in [0.1, 0.15) is 0 Å². The summed E-state index contributed by atoms with van der Waals surface area (Å²) in [5, 5.41) is 8.21. The molecule has 1 N–H and O–H groups in total. The number of fused-ring (bicyclic) bond motifs is 1. The van der Waals surface area contributed by atoms with Crippen LogP contribution in [-0.4, -0.2) is 43.3 Å². The standard InChI is InChI=1S/C35H38N6O2/c1-25-10-14-30(15-11-25)40(42-3)33-22-27-24-36-35(39-20-18-29(19-21-39)37-28-8-6-5-7-9-28)38-32(27)23-34(33)41(43-4)31-16-12-26(2)13-17-31/h5-17,22-24,29,37H,18-21H2,1-4H3. The van der Waals surface area contributed by atoms with Crippen LogP contribution in [0.15, 0.2) is 97.2 Å². The Morgan fingerprint density at radius 3 is 1.86 bits per heavy atom. The van der Waals surface area contributed by atoms with Crippen LogP contribution >= 0.6 is 0 Å². The number of hydrogen-bond donors (Lipinski definition) is 1. The van der Waals surface area contributed by atoms with E-state index >= 15 is 0 Å². The molecule has 1 saturated heterocycles. The first kappa shape index (κ1) is 28.5. The van der Waals surface area contributed by atoms with Gasteiger partial charge in [0.15, 0.2) is 0 Å². The molecule has 8 nitrogen and oxygen atoms in total. The van der Waals surface area contributed by atoms with Crippen LogP contribution < -0.4 is 20.3 Å². The molecule has 5 aromatic rings. The van der Waals surface area contributed by atoms with Gasteiger partial charge in [-0.25, -0.2) is 20.1 Å². The van der Waals surface area contributed by atoms with E-state index in [0.717, 1.165) is 65.5 Å². The molecular formula is C35H38N6O2. The van der Waals surface area contributed by atoms with Gasteiger partial charge in [-0.15, -0.1) is 0 Å². The molecule has 1 aliphatic heterocycles. The quantitative estimate of drug-likeness (QED) is 0.180. The molecule has 220 valence electrons. The van der Waals surface area contributed by atoms with Gasteiger partial charge in [0.2, 0.25) is 5.95 Å². The fourth-order valence-corrected chi connectivity index (χ4v) is 5.56. The number of hydrogen-bond acceptors (Lipinski definition) is 8. The Hall–Kier alpha value is -4.66. The number of aromatic nitrogens is 2. The summed E-state index contributed by atoms with van der Waals surface area (Å²) in [5.41, 5.74) is 7.77. The predicted octanol–water partition coefficient (Wildman–Crippen LogP) is 7.73. The van der Waals surface area contributed by atoms with Gasteiger partial charge in [0, 0.05) is 36.4 Å². The molecular weight excluding hydrogens is 536 g/mol. The van der Waals surface area contributed by atoms with Crippen LogP contribution in [0.4, 0.5) is 34.4 Å². The Labute approximate surface area is 253 Å². The maximum atomic E-state index is 6.00. The van der Waals surface area contributed by atoms with Crippen molar-refractivity contribution in [1.29, 1.82) is 0 Å². The van der Waals surface area contributed by atoms with Crippen LogP contribution in [0.2, 0.25) is 0 Å². The predicted molar refractivity (Wildman–Crippen MR) is 175 cm³/mol. The van der Waals surface area contributed by atoms with Crippen molar-refractivity contribution in [3.8, 4) is 0 Å². The first-order chi connectivity index (χ1) is 21.0. The summed E-state index contributed by atoms with van der Waals surface area (Å²) < 4.78 is 0. The lowest BCUT2D eigenvalue weighted by atomic mass is 10.0. The molecule has 2 heterocycles. The average molecular weight is 575 g/mol. The molecule has 0 radical (unpaired) electrons. The van der Waals surface area contributed by atoms with Crippen LogP contribution in [0.3, 0.4) is 0 Å². The number of anilines is 6. The number of rotatable bonds is 9. The maximum Gasteiger partial charge on any atom is 0.225 e. The Bertz CT molecular complexity index is 1650. The lowest BCUT2D eigenvalue weighted by Crippen LogP contribution is -2.39. The monoisotopic (exact) mass is 574 g/mol. The second-order valence-electron chi connectivity index (χ2n) is 11.0. The second kappa shape index (κ2) is 12.7. The van der Waals surface area contributed by atoms with E-state index in [4.69, 9.17) is 19.6 Å². The first-order valence-electron chi connectivity index (χ1n) is 14.7. The van der Waals surface area contributed by atoms with Crippen molar-refractivity contribution >= 4 is 45.3 Å². The molecule has 0 aliphatic carbocycles. The van der Waals surface area contributed by atoms with Crippen LogP contribution in [-0.2, 0) is 9.68 Å². The topological polar surface area (TPSA) is 66.0 Å². The molecule has 4 aromatic carbocycles. The van der Waals surface area contributed by atoms with Crippen molar-refractivity contribution in [2.75, 3.05) is 47.7 Å². The number of para-hydroxylation sites is 1. The highest BCUT2D eigenvalue weighted by Crippen LogP contribution is 2.41.